The largest absolute Gasteiger partial charge is 0.305 e. The van der Waals surface area contributed by atoms with E-state index < -0.39 is 0 Å². The second-order valence-corrected chi connectivity index (χ2v) is 3.79. The van der Waals surface area contributed by atoms with Crippen molar-refractivity contribution < 1.29 is 0 Å². The summed E-state index contributed by atoms with van der Waals surface area (Å²) in [6.07, 6.45) is 0. The molecule has 0 saturated carbocycles. The van der Waals surface area contributed by atoms with E-state index in [1.54, 1.807) is 4.57 Å². The van der Waals surface area contributed by atoms with E-state index in [2.05, 4.69) is 20.9 Å². The van der Waals surface area contributed by atoms with Crippen LogP contribution >= 0.6 is 15.9 Å². The Balaban J connectivity index is 2.90. The number of rotatable bonds is 2. The number of benzene rings is 1. The summed E-state index contributed by atoms with van der Waals surface area (Å²) in [5.74, 6) is 0. The minimum Gasteiger partial charge on any atom is -0.305 e. The zero-order valence-electron chi connectivity index (χ0n) is 8.40. The predicted molar refractivity (Wildman–Crippen MR) is 64.3 cm³/mol. The number of fused-ring (bicyclic) bond motifs is 1. The summed E-state index contributed by atoms with van der Waals surface area (Å²) >= 11 is 3.28. The molecule has 3 nitrogen and oxygen atoms in total. The SMILES string of the molecule is CCn1c(=O)c(CBr)nc2ccccc21. The number of alkyl halides is 1. The van der Waals surface area contributed by atoms with Crippen LogP contribution in [-0.2, 0) is 11.9 Å². The van der Waals surface area contributed by atoms with Crippen LogP contribution in [0.25, 0.3) is 11.0 Å². The molecule has 1 heterocycles. The molecule has 0 aliphatic rings. The molecule has 0 unspecified atom stereocenters. The Kier molecular flexibility index (Phi) is 2.86. The van der Waals surface area contributed by atoms with Crippen LogP contribution in [-0.4, -0.2) is 9.55 Å². The molecule has 0 bridgehead atoms. The van der Waals surface area contributed by atoms with E-state index in [0.717, 1.165) is 11.0 Å². The van der Waals surface area contributed by atoms with Crippen molar-refractivity contribution in [2.24, 2.45) is 0 Å². The first kappa shape index (κ1) is 10.4. The standard InChI is InChI=1S/C11H11BrN2O/c1-2-14-10-6-4-3-5-8(10)13-9(7-12)11(14)15/h3-6H,2,7H2,1H3. The summed E-state index contributed by atoms with van der Waals surface area (Å²) in [6.45, 7) is 2.63. The summed E-state index contributed by atoms with van der Waals surface area (Å²) in [5.41, 5.74) is 2.33. The maximum Gasteiger partial charge on any atom is 0.273 e. The molecule has 4 heteroatoms. The van der Waals surface area contributed by atoms with Gasteiger partial charge in [0.2, 0.25) is 0 Å². The number of aryl methyl sites for hydroxylation is 1. The molecule has 15 heavy (non-hydrogen) atoms. The molecule has 0 atom stereocenters. The lowest BCUT2D eigenvalue weighted by Crippen LogP contribution is -2.24. The lowest BCUT2D eigenvalue weighted by molar-refractivity contribution is 0.743. The molecule has 0 fully saturated rings. The molecule has 1 aromatic heterocycles. The summed E-state index contributed by atoms with van der Waals surface area (Å²) in [6, 6.07) is 7.69. The molecule has 0 N–H and O–H groups in total. The molecule has 0 amide bonds. The second-order valence-electron chi connectivity index (χ2n) is 3.23. The van der Waals surface area contributed by atoms with Gasteiger partial charge in [-0.3, -0.25) is 4.79 Å². The van der Waals surface area contributed by atoms with Crippen LogP contribution in [0.4, 0.5) is 0 Å². The Morgan fingerprint density at radius 2 is 2.13 bits per heavy atom. The zero-order chi connectivity index (χ0) is 10.8. The van der Waals surface area contributed by atoms with Gasteiger partial charge in [-0.25, -0.2) is 4.98 Å². The van der Waals surface area contributed by atoms with Crippen LogP contribution in [0.1, 0.15) is 12.6 Å². The highest BCUT2D eigenvalue weighted by atomic mass is 79.9. The van der Waals surface area contributed by atoms with Gasteiger partial charge in [0.05, 0.1) is 16.4 Å². The van der Waals surface area contributed by atoms with Gasteiger partial charge in [0.25, 0.3) is 5.56 Å². The highest BCUT2D eigenvalue weighted by Gasteiger charge is 2.07. The van der Waals surface area contributed by atoms with E-state index >= 15 is 0 Å². The van der Waals surface area contributed by atoms with Crippen LogP contribution in [0.3, 0.4) is 0 Å². The lowest BCUT2D eigenvalue weighted by Gasteiger charge is -2.08. The minimum atomic E-state index is -0.00641. The topological polar surface area (TPSA) is 34.9 Å². The molecule has 0 aliphatic carbocycles. The van der Waals surface area contributed by atoms with Crippen molar-refractivity contribution in [2.75, 3.05) is 0 Å². The fraction of sp³-hybridized carbons (Fsp3) is 0.273. The fourth-order valence-corrected chi connectivity index (χ4v) is 2.01. The average molecular weight is 267 g/mol. The number of aromatic nitrogens is 2. The van der Waals surface area contributed by atoms with Gasteiger partial charge < -0.3 is 4.57 Å². The zero-order valence-corrected chi connectivity index (χ0v) is 9.99. The first-order valence-corrected chi connectivity index (χ1v) is 5.94. The molecule has 0 spiro atoms. The number of hydrogen-bond acceptors (Lipinski definition) is 2. The van der Waals surface area contributed by atoms with Gasteiger partial charge in [0, 0.05) is 6.54 Å². The average Bonchev–Trinajstić information content (AvgIpc) is 2.28. The van der Waals surface area contributed by atoms with Gasteiger partial charge in [0.1, 0.15) is 5.69 Å². The van der Waals surface area contributed by atoms with E-state index in [4.69, 9.17) is 0 Å². The van der Waals surface area contributed by atoms with Crippen LogP contribution < -0.4 is 5.56 Å². The van der Waals surface area contributed by atoms with Crippen molar-refractivity contribution in [3.63, 3.8) is 0 Å². The van der Waals surface area contributed by atoms with Gasteiger partial charge in [0.15, 0.2) is 0 Å². The highest BCUT2D eigenvalue weighted by Crippen LogP contribution is 2.10. The Bertz CT molecular complexity index is 548. The van der Waals surface area contributed by atoms with E-state index in [1.807, 2.05) is 31.2 Å². The van der Waals surface area contributed by atoms with Gasteiger partial charge in [-0.15, -0.1) is 0 Å². The fourth-order valence-electron chi connectivity index (χ4n) is 1.65. The number of para-hydroxylation sites is 2. The monoisotopic (exact) mass is 266 g/mol. The molecule has 2 rings (SSSR count). The Labute approximate surface area is 95.9 Å². The summed E-state index contributed by atoms with van der Waals surface area (Å²) in [4.78, 5) is 16.2. The van der Waals surface area contributed by atoms with E-state index in [-0.39, 0.29) is 5.56 Å². The number of halogens is 1. The quantitative estimate of drug-likeness (QED) is 0.782. The van der Waals surface area contributed by atoms with Gasteiger partial charge in [-0.2, -0.15) is 0 Å². The summed E-state index contributed by atoms with van der Waals surface area (Å²) < 4.78 is 1.75. The van der Waals surface area contributed by atoms with Gasteiger partial charge in [-0.05, 0) is 19.1 Å². The molecule has 0 radical (unpaired) electrons. The van der Waals surface area contributed by atoms with Crippen molar-refractivity contribution >= 4 is 27.0 Å². The van der Waals surface area contributed by atoms with Crippen LogP contribution in [0.15, 0.2) is 29.1 Å². The Hall–Kier alpha value is -1.16. The predicted octanol–water partition coefficient (Wildman–Crippen LogP) is 2.31. The summed E-state index contributed by atoms with van der Waals surface area (Å²) in [5, 5.41) is 0.497. The Morgan fingerprint density at radius 1 is 1.40 bits per heavy atom. The molecule has 1 aromatic carbocycles. The molecular weight excluding hydrogens is 256 g/mol. The molecule has 78 valence electrons. The normalized spacial score (nSPS) is 10.8. The minimum absolute atomic E-state index is 0.00641. The van der Waals surface area contributed by atoms with Crippen molar-refractivity contribution in [1.29, 1.82) is 0 Å². The summed E-state index contributed by atoms with van der Waals surface area (Å²) in [7, 11) is 0. The van der Waals surface area contributed by atoms with E-state index in [0.29, 0.717) is 17.6 Å². The van der Waals surface area contributed by atoms with E-state index in [1.165, 1.54) is 0 Å². The van der Waals surface area contributed by atoms with Crippen molar-refractivity contribution in [3.05, 3.63) is 40.3 Å². The van der Waals surface area contributed by atoms with Crippen LogP contribution in [0.2, 0.25) is 0 Å². The van der Waals surface area contributed by atoms with Gasteiger partial charge >= 0.3 is 0 Å². The van der Waals surface area contributed by atoms with Crippen molar-refractivity contribution in [3.8, 4) is 0 Å². The molecule has 0 aliphatic heterocycles. The highest BCUT2D eigenvalue weighted by molar-refractivity contribution is 9.08. The smallest absolute Gasteiger partial charge is 0.273 e. The maximum atomic E-state index is 11.9. The number of nitrogens with zero attached hydrogens (tertiary/aromatic N) is 2. The second kappa shape index (κ2) is 4.14. The van der Waals surface area contributed by atoms with E-state index in [9.17, 15) is 4.79 Å². The molecular formula is C11H11BrN2O. The van der Waals surface area contributed by atoms with Crippen molar-refractivity contribution in [2.45, 2.75) is 18.8 Å². The third-order valence-corrected chi connectivity index (χ3v) is 2.89. The Morgan fingerprint density at radius 3 is 2.80 bits per heavy atom. The maximum absolute atomic E-state index is 11.9. The first-order valence-electron chi connectivity index (χ1n) is 4.82. The van der Waals surface area contributed by atoms with Crippen LogP contribution in [0.5, 0.6) is 0 Å². The molecule has 2 aromatic rings. The van der Waals surface area contributed by atoms with Crippen molar-refractivity contribution in [1.82, 2.24) is 9.55 Å². The third-order valence-electron chi connectivity index (χ3n) is 2.36. The number of hydrogen-bond donors (Lipinski definition) is 0. The van der Waals surface area contributed by atoms with Gasteiger partial charge in [-0.1, -0.05) is 28.1 Å². The first-order chi connectivity index (χ1) is 7.27. The molecule has 0 saturated heterocycles. The third kappa shape index (κ3) is 1.69. The lowest BCUT2D eigenvalue weighted by atomic mass is 10.3. The van der Waals surface area contributed by atoms with Crippen LogP contribution in [0, 0.1) is 0 Å².